The molecule has 3 heterocycles. The Morgan fingerprint density at radius 1 is 0.767 bits per heavy atom. The molecule has 0 amide bonds. The van der Waals surface area contributed by atoms with Gasteiger partial charge in [-0.25, -0.2) is 0 Å². The molecule has 7 nitrogen and oxygen atoms in total. The first-order chi connectivity index (χ1) is 20.3. The van der Waals surface area contributed by atoms with E-state index in [1.54, 1.807) is 56.3 Å². The molecule has 0 aliphatic heterocycles. The highest BCUT2D eigenvalue weighted by atomic mass is 35.5. The molecular formula is C30H27Cl2N3O4S4. The standard InChI is InChI=1S/C30H27Cl2N3O4S4/c1-17-23-14-20(31)8-10-26(23)40-29(17)42(36,37)35(25-7-5-6-22-19(12-13-34(3)4)16-33-28(22)25)43(38,39)30-18(2)24-15-21(32)9-11-27(24)41-30/h5-11,14-16,33H,12-13H2,1-4H3. The smallest absolute Gasteiger partial charge is 0.287 e. The highest BCUT2D eigenvalue weighted by molar-refractivity contribution is 8.12. The van der Waals surface area contributed by atoms with E-state index >= 15 is 0 Å². The van der Waals surface area contributed by atoms with Gasteiger partial charge in [0.1, 0.15) is 8.42 Å². The van der Waals surface area contributed by atoms with Gasteiger partial charge in [-0.1, -0.05) is 35.3 Å². The lowest BCUT2D eigenvalue weighted by atomic mass is 10.1. The van der Waals surface area contributed by atoms with Gasteiger partial charge in [-0.15, -0.1) is 22.7 Å². The number of hydrogen-bond donors (Lipinski definition) is 1. The Bertz CT molecular complexity index is 2150. The van der Waals surface area contributed by atoms with Crippen LogP contribution in [-0.4, -0.2) is 47.4 Å². The normalized spacial score (nSPS) is 12.7. The first-order valence-electron chi connectivity index (χ1n) is 13.2. The van der Waals surface area contributed by atoms with Crippen molar-refractivity contribution < 1.29 is 16.8 Å². The van der Waals surface area contributed by atoms with Crippen LogP contribution in [0.25, 0.3) is 31.1 Å². The lowest BCUT2D eigenvalue weighted by Crippen LogP contribution is -2.37. The molecule has 0 aliphatic rings. The Morgan fingerprint density at radius 3 is 1.81 bits per heavy atom. The van der Waals surface area contributed by atoms with Gasteiger partial charge in [-0.2, -0.15) is 20.5 Å². The van der Waals surface area contributed by atoms with Crippen molar-refractivity contribution in [2.45, 2.75) is 28.7 Å². The van der Waals surface area contributed by atoms with Crippen LogP contribution in [0.3, 0.4) is 0 Å². The largest absolute Gasteiger partial charge is 0.359 e. The highest BCUT2D eigenvalue weighted by Crippen LogP contribution is 2.44. The minimum atomic E-state index is -4.66. The topological polar surface area (TPSA) is 90.6 Å². The van der Waals surface area contributed by atoms with E-state index in [2.05, 4.69) is 9.88 Å². The van der Waals surface area contributed by atoms with E-state index in [9.17, 15) is 16.8 Å². The molecule has 224 valence electrons. The monoisotopic (exact) mass is 691 g/mol. The minimum Gasteiger partial charge on any atom is -0.359 e. The van der Waals surface area contributed by atoms with E-state index in [1.807, 2.05) is 26.4 Å². The average Bonchev–Trinajstić information content (AvgIpc) is 3.62. The van der Waals surface area contributed by atoms with Gasteiger partial charge in [0.25, 0.3) is 20.0 Å². The van der Waals surface area contributed by atoms with Crippen molar-refractivity contribution in [1.82, 2.24) is 9.88 Å². The molecule has 0 spiro atoms. The van der Waals surface area contributed by atoms with E-state index in [4.69, 9.17) is 23.2 Å². The van der Waals surface area contributed by atoms with Crippen LogP contribution >= 0.6 is 45.9 Å². The summed E-state index contributed by atoms with van der Waals surface area (Å²) in [4.78, 5) is 5.24. The lowest BCUT2D eigenvalue weighted by molar-refractivity contribution is 0.414. The van der Waals surface area contributed by atoms with Crippen LogP contribution < -0.4 is 3.71 Å². The number of para-hydroxylation sites is 1. The number of H-pyrrole nitrogens is 1. The summed E-state index contributed by atoms with van der Waals surface area (Å²) in [5.74, 6) is 0. The number of aromatic nitrogens is 1. The van der Waals surface area contributed by atoms with Crippen molar-refractivity contribution >= 4 is 103 Å². The van der Waals surface area contributed by atoms with Gasteiger partial charge in [0.2, 0.25) is 0 Å². The zero-order valence-corrected chi connectivity index (χ0v) is 28.4. The van der Waals surface area contributed by atoms with E-state index < -0.39 is 20.0 Å². The van der Waals surface area contributed by atoms with Crippen molar-refractivity contribution in [3.63, 3.8) is 0 Å². The van der Waals surface area contributed by atoms with Gasteiger partial charge in [-0.3, -0.25) is 0 Å². The maximum atomic E-state index is 14.8. The molecule has 3 aromatic heterocycles. The lowest BCUT2D eigenvalue weighted by Gasteiger charge is -2.24. The number of benzene rings is 3. The van der Waals surface area contributed by atoms with Gasteiger partial charge < -0.3 is 9.88 Å². The minimum absolute atomic E-state index is 0.0263. The number of fused-ring (bicyclic) bond motifs is 3. The Kier molecular flexibility index (Phi) is 7.82. The van der Waals surface area contributed by atoms with Gasteiger partial charge in [0.05, 0.1) is 11.2 Å². The molecule has 0 aliphatic carbocycles. The third kappa shape index (κ3) is 5.14. The molecule has 0 saturated carbocycles. The molecule has 3 aromatic carbocycles. The molecule has 0 radical (unpaired) electrons. The number of nitrogens with zero attached hydrogens (tertiary/aromatic N) is 2. The van der Waals surface area contributed by atoms with Crippen LogP contribution in [0.5, 0.6) is 0 Å². The summed E-state index contributed by atoms with van der Waals surface area (Å²) < 4.78 is 60.9. The maximum absolute atomic E-state index is 14.8. The Hall–Kier alpha value is -2.64. The second-order valence-corrected chi connectivity index (χ2v) is 17.8. The predicted molar refractivity (Wildman–Crippen MR) is 181 cm³/mol. The van der Waals surface area contributed by atoms with Gasteiger partial charge in [0.15, 0.2) is 0 Å². The summed E-state index contributed by atoms with van der Waals surface area (Å²) in [6.07, 6.45) is 2.51. The Labute approximate surface area is 268 Å². The number of rotatable bonds is 8. The molecule has 6 aromatic rings. The molecule has 43 heavy (non-hydrogen) atoms. The van der Waals surface area contributed by atoms with E-state index in [0.717, 1.165) is 40.2 Å². The van der Waals surface area contributed by atoms with Crippen molar-refractivity contribution in [3.05, 3.63) is 87.5 Å². The average molecular weight is 693 g/mol. The third-order valence-corrected chi connectivity index (χ3v) is 15.8. The SMILES string of the molecule is Cc1c(S(=O)(=O)N(c2cccc3c(CCN(C)C)c[nH]c23)S(=O)(=O)c2sc3ccc(Cl)cc3c2C)sc2ccc(Cl)cc12. The maximum Gasteiger partial charge on any atom is 0.287 e. The summed E-state index contributed by atoms with van der Waals surface area (Å²) in [6, 6.07) is 15.4. The zero-order valence-electron chi connectivity index (χ0n) is 23.6. The van der Waals surface area contributed by atoms with Gasteiger partial charge in [-0.05, 0) is 104 Å². The first-order valence-corrected chi connectivity index (χ1v) is 18.5. The summed E-state index contributed by atoms with van der Waals surface area (Å²) >= 11 is 14.5. The highest BCUT2D eigenvalue weighted by Gasteiger charge is 2.42. The van der Waals surface area contributed by atoms with E-state index in [0.29, 0.717) is 57.0 Å². The molecule has 0 atom stereocenters. The fourth-order valence-electron chi connectivity index (χ4n) is 5.27. The molecule has 13 heteroatoms. The zero-order chi connectivity index (χ0) is 30.8. The number of halogens is 2. The number of nitrogens with one attached hydrogen (secondary N) is 1. The Morgan fingerprint density at radius 2 is 1.30 bits per heavy atom. The number of anilines is 1. The fourth-order valence-corrected chi connectivity index (χ4v) is 13.2. The molecule has 0 saturated heterocycles. The first kappa shape index (κ1) is 30.4. The fraction of sp³-hybridized carbons (Fsp3) is 0.200. The summed E-state index contributed by atoms with van der Waals surface area (Å²) in [5.41, 5.74) is 2.28. The summed E-state index contributed by atoms with van der Waals surface area (Å²) in [5, 5.41) is 3.00. The molecule has 0 fully saturated rings. The van der Waals surface area contributed by atoms with Crippen LogP contribution in [-0.2, 0) is 26.5 Å². The van der Waals surface area contributed by atoms with Crippen LogP contribution in [0.1, 0.15) is 16.7 Å². The number of aryl methyl sites for hydroxylation is 2. The number of thiophene rings is 2. The summed E-state index contributed by atoms with van der Waals surface area (Å²) in [6.45, 7) is 4.12. The Balaban J connectivity index is 1.64. The van der Waals surface area contributed by atoms with Crippen LogP contribution in [0.4, 0.5) is 5.69 Å². The van der Waals surface area contributed by atoms with Gasteiger partial charge in [0, 0.05) is 37.6 Å². The quantitative estimate of drug-likeness (QED) is 0.174. The van der Waals surface area contributed by atoms with E-state index in [1.165, 1.54) is 6.07 Å². The van der Waals surface area contributed by atoms with Crippen molar-refractivity contribution in [1.29, 1.82) is 0 Å². The molecule has 0 bridgehead atoms. The summed E-state index contributed by atoms with van der Waals surface area (Å²) in [7, 11) is -5.38. The molecular weight excluding hydrogens is 666 g/mol. The molecule has 1 N–H and O–H groups in total. The number of hydrogen-bond acceptors (Lipinski definition) is 7. The van der Waals surface area contributed by atoms with Crippen LogP contribution in [0.15, 0.2) is 69.2 Å². The van der Waals surface area contributed by atoms with Crippen LogP contribution in [0.2, 0.25) is 10.0 Å². The van der Waals surface area contributed by atoms with Crippen LogP contribution in [0, 0.1) is 13.8 Å². The second kappa shape index (κ2) is 11.1. The predicted octanol–water partition coefficient (Wildman–Crippen LogP) is 8.21. The van der Waals surface area contributed by atoms with Crippen molar-refractivity contribution in [2.24, 2.45) is 0 Å². The molecule has 6 rings (SSSR count). The second-order valence-electron chi connectivity index (χ2n) is 10.6. The van der Waals surface area contributed by atoms with Crippen molar-refractivity contribution in [3.8, 4) is 0 Å². The third-order valence-electron chi connectivity index (χ3n) is 7.42. The van der Waals surface area contributed by atoms with Gasteiger partial charge >= 0.3 is 0 Å². The molecule has 0 unspecified atom stereocenters. The number of likely N-dealkylation sites (N-methyl/N-ethyl adjacent to an activating group) is 1. The van der Waals surface area contributed by atoms with Crippen molar-refractivity contribution in [2.75, 3.05) is 24.4 Å². The number of aromatic amines is 1. The number of sulfonamides is 2. The van der Waals surface area contributed by atoms with E-state index in [-0.39, 0.29) is 14.1 Å².